The molecule has 0 spiro atoms. The zero-order chi connectivity index (χ0) is 11.6. The Morgan fingerprint density at radius 1 is 1.13 bits per heavy atom. The Bertz CT molecular complexity index is 411. The van der Waals surface area contributed by atoms with Crippen LogP contribution in [0.3, 0.4) is 0 Å². The topological polar surface area (TPSA) is 34.1 Å². The van der Waals surface area contributed by atoms with Crippen LogP contribution in [0.2, 0.25) is 0 Å². The third kappa shape index (κ3) is 2.80. The van der Waals surface area contributed by atoms with Crippen molar-refractivity contribution in [2.45, 2.75) is 19.8 Å². The first-order valence-electron chi connectivity index (χ1n) is 4.47. The number of hydrogen-bond acceptors (Lipinski definition) is 2. The molecular formula is C11H10Cl2O2. The van der Waals surface area contributed by atoms with Crippen molar-refractivity contribution < 1.29 is 9.59 Å². The van der Waals surface area contributed by atoms with Gasteiger partial charge in [0.1, 0.15) is 0 Å². The molecule has 0 N–H and O–H groups in total. The van der Waals surface area contributed by atoms with Crippen molar-refractivity contribution in [1.29, 1.82) is 0 Å². The molecule has 2 nitrogen and oxygen atoms in total. The zero-order valence-corrected chi connectivity index (χ0v) is 9.89. The maximum absolute atomic E-state index is 11.2. The molecule has 1 rings (SSSR count). The van der Waals surface area contributed by atoms with Gasteiger partial charge in [0.15, 0.2) is 0 Å². The first-order chi connectivity index (χ1) is 6.93. The van der Waals surface area contributed by atoms with Crippen LogP contribution in [0.5, 0.6) is 0 Å². The second-order valence-electron chi connectivity index (χ2n) is 3.50. The van der Waals surface area contributed by atoms with Crippen LogP contribution in [-0.4, -0.2) is 10.5 Å². The van der Waals surface area contributed by atoms with E-state index < -0.39 is 10.5 Å². The van der Waals surface area contributed by atoms with Gasteiger partial charge in [-0.15, -0.1) is 0 Å². The summed E-state index contributed by atoms with van der Waals surface area (Å²) in [6.07, 6.45) is 0. The van der Waals surface area contributed by atoms with Crippen molar-refractivity contribution in [2.24, 2.45) is 0 Å². The van der Waals surface area contributed by atoms with Crippen LogP contribution in [0.1, 0.15) is 46.0 Å². The van der Waals surface area contributed by atoms with Gasteiger partial charge in [-0.3, -0.25) is 9.59 Å². The van der Waals surface area contributed by atoms with Crippen molar-refractivity contribution in [1.82, 2.24) is 0 Å². The maximum atomic E-state index is 11.2. The lowest BCUT2D eigenvalue weighted by atomic mass is 9.96. The molecule has 4 heteroatoms. The molecule has 0 radical (unpaired) electrons. The molecule has 0 fully saturated rings. The number of halogens is 2. The quantitative estimate of drug-likeness (QED) is 0.763. The fourth-order valence-corrected chi connectivity index (χ4v) is 1.63. The molecule has 15 heavy (non-hydrogen) atoms. The Morgan fingerprint density at radius 2 is 1.73 bits per heavy atom. The predicted molar refractivity (Wildman–Crippen MR) is 60.9 cm³/mol. The van der Waals surface area contributed by atoms with Crippen LogP contribution in [-0.2, 0) is 0 Å². The summed E-state index contributed by atoms with van der Waals surface area (Å²) < 4.78 is 0. The van der Waals surface area contributed by atoms with Gasteiger partial charge in [-0.1, -0.05) is 19.9 Å². The molecule has 0 saturated heterocycles. The summed E-state index contributed by atoms with van der Waals surface area (Å²) >= 11 is 10.8. The normalized spacial score (nSPS) is 10.5. The highest BCUT2D eigenvalue weighted by molar-refractivity contribution is 6.69. The molecule has 0 heterocycles. The van der Waals surface area contributed by atoms with E-state index in [0.29, 0.717) is 5.56 Å². The highest BCUT2D eigenvalue weighted by Gasteiger charge is 2.14. The number of benzene rings is 1. The lowest BCUT2D eigenvalue weighted by molar-refractivity contribution is 0.107. The minimum absolute atomic E-state index is 0.169. The Labute approximate surface area is 98.2 Å². The van der Waals surface area contributed by atoms with E-state index in [9.17, 15) is 9.59 Å². The van der Waals surface area contributed by atoms with Gasteiger partial charge in [0.05, 0.1) is 0 Å². The van der Waals surface area contributed by atoms with Gasteiger partial charge in [0.2, 0.25) is 0 Å². The average molecular weight is 245 g/mol. The molecule has 0 saturated carbocycles. The summed E-state index contributed by atoms with van der Waals surface area (Å²) in [6.45, 7) is 3.89. The molecule has 1 aromatic carbocycles. The van der Waals surface area contributed by atoms with Gasteiger partial charge >= 0.3 is 0 Å². The van der Waals surface area contributed by atoms with Crippen LogP contribution in [0.25, 0.3) is 0 Å². The van der Waals surface area contributed by atoms with Gasteiger partial charge in [-0.25, -0.2) is 0 Å². The van der Waals surface area contributed by atoms with Gasteiger partial charge in [-0.05, 0) is 46.8 Å². The van der Waals surface area contributed by atoms with Crippen LogP contribution < -0.4 is 0 Å². The first-order valence-corrected chi connectivity index (χ1v) is 5.22. The third-order valence-electron chi connectivity index (χ3n) is 2.11. The summed E-state index contributed by atoms with van der Waals surface area (Å²) in [5.74, 6) is 0.169. The number of hydrogen-bond donors (Lipinski definition) is 0. The van der Waals surface area contributed by atoms with Crippen LogP contribution >= 0.6 is 23.2 Å². The Morgan fingerprint density at radius 3 is 2.13 bits per heavy atom. The van der Waals surface area contributed by atoms with Gasteiger partial charge < -0.3 is 0 Å². The molecular weight excluding hydrogens is 235 g/mol. The molecule has 1 aromatic rings. The van der Waals surface area contributed by atoms with Gasteiger partial charge in [0, 0.05) is 11.1 Å². The van der Waals surface area contributed by atoms with Crippen molar-refractivity contribution in [3.8, 4) is 0 Å². The number of rotatable bonds is 3. The molecule has 0 aromatic heterocycles. The Kier molecular flexibility index (Phi) is 3.89. The molecule has 0 amide bonds. The monoisotopic (exact) mass is 244 g/mol. The number of carbonyl (C=O) groups is 2. The SMILES string of the molecule is CC(C)c1ccc(C(=O)Cl)cc1C(=O)Cl. The lowest BCUT2D eigenvalue weighted by Crippen LogP contribution is -2.02. The largest absolute Gasteiger partial charge is 0.276 e. The Balaban J connectivity index is 3.33. The van der Waals surface area contributed by atoms with E-state index >= 15 is 0 Å². The third-order valence-corrected chi connectivity index (χ3v) is 2.54. The molecule has 0 aliphatic carbocycles. The van der Waals surface area contributed by atoms with Crippen molar-refractivity contribution in [3.63, 3.8) is 0 Å². The summed E-state index contributed by atoms with van der Waals surface area (Å²) in [5, 5.41) is -1.16. The van der Waals surface area contributed by atoms with E-state index in [1.54, 1.807) is 12.1 Å². The summed E-state index contributed by atoms with van der Waals surface area (Å²) in [7, 11) is 0. The highest BCUT2D eigenvalue weighted by Crippen LogP contribution is 2.23. The van der Waals surface area contributed by atoms with E-state index in [1.165, 1.54) is 6.07 Å². The highest BCUT2D eigenvalue weighted by atomic mass is 35.5. The summed E-state index contributed by atoms with van der Waals surface area (Å²) in [6, 6.07) is 4.73. The van der Waals surface area contributed by atoms with Gasteiger partial charge in [-0.2, -0.15) is 0 Å². The molecule has 0 bridgehead atoms. The van der Waals surface area contributed by atoms with Crippen molar-refractivity contribution in [3.05, 3.63) is 34.9 Å². The minimum Gasteiger partial charge on any atom is -0.276 e. The van der Waals surface area contributed by atoms with Crippen LogP contribution in [0.15, 0.2) is 18.2 Å². The second kappa shape index (κ2) is 4.77. The summed E-state index contributed by atoms with van der Waals surface area (Å²) in [5.41, 5.74) is 1.44. The zero-order valence-electron chi connectivity index (χ0n) is 8.38. The lowest BCUT2D eigenvalue weighted by Gasteiger charge is -2.10. The maximum Gasteiger partial charge on any atom is 0.252 e. The van der Waals surface area contributed by atoms with Gasteiger partial charge in [0.25, 0.3) is 10.5 Å². The molecule has 0 unspecified atom stereocenters. The fourth-order valence-electron chi connectivity index (χ4n) is 1.35. The smallest absolute Gasteiger partial charge is 0.252 e. The van der Waals surface area contributed by atoms with Crippen LogP contribution in [0, 0.1) is 0 Å². The predicted octanol–water partition coefficient (Wildman–Crippen LogP) is 3.57. The minimum atomic E-state index is -0.593. The van der Waals surface area contributed by atoms with E-state index in [0.717, 1.165) is 5.56 Å². The van der Waals surface area contributed by atoms with E-state index in [1.807, 2.05) is 13.8 Å². The summed E-state index contributed by atoms with van der Waals surface area (Å²) in [4.78, 5) is 22.1. The standard InChI is InChI=1S/C11H10Cl2O2/c1-6(2)8-4-3-7(10(12)14)5-9(8)11(13)15/h3-6H,1-2H3. The molecule has 0 aliphatic heterocycles. The van der Waals surface area contributed by atoms with E-state index in [-0.39, 0.29) is 11.5 Å². The molecule has 0 atom stereocenters. The average Bonchev–Trinajstić information content (AvgIpc) is 2.16. The molecule has 0 aliphatic rings. The second-order valence-corrected chi connectivity index (χ2v) is 4.19. The van der Waals surface area contributed by atoms with E-state index in [4.69, 9.17) is 23.2 Å². The van der Waals surface area contributed by atoms with E-state index in [2.05, 4.69) is 0 Å². The van der Waals surface area contributed by atoms with Crippen LogP contribution in [0.4, 0.5) is 0 Å². The first kappa shape index (κ1) is 12.2. The fraction of sp³-hybridized carbons (Fsp3) is 0.273. The number of carbonyl (C=O) groups excluding carboxylic acids is 2. The Hall–Kier alpha value is -0.860. The molecule has 80 valence electrons. The van der Waals surface area contributed by atoms with Crippen molar-refractivity contribution in [2.75, 3.05) is 0 Å². The van der Waals surface area contributed by atoms with Crippen molar-refractivity contribution >= 4 is 33.7 Å².